The second-order valence-corrected chi connectivity index (χ2v) is 13.8. The van der Waals surface area contributed by atoms with E-state index in [9.17, 15) is 19.8 Å². The zero-order chi connectivity index (χ0) is 29.3. The summed E-state index contributed by atoms with van der Waals surface area (Å²) in [4.78, 5) is 29.4. The van der Waals surface area contributed by atoms with Crippen LogP contribution in [0.3, 0.4) is 0 Å². The Bertz CT molecular complexity index is 1250. The Labute approximate surface area is 258 Å². The van der Waals surface area contributed by atoms with Gasteiger partial charge < -0.3 is 34.1 Å². The Morgan fingerprint density at radius 3 is 2.52 bits per heavy atom. The second kappa shape index (κ2) is 11.2. The number of H-pyrrole nitrogens is 1. The van der Waals surface area contributed by atoms with Gasteiger partial charge in [-0.25, -0.2) is 9.59 Å². The molecule has 1 saturated carbocycles. The molecule has 4 bridgehead atoms. The van der Waals surface area contributed by atoms with E-state index in [0.29, 0.717) is 13.5 Å². The number of ether oxygens (including phenoxy) is 4. The van der Waals surface area contributed by atoms with Gasteiger partial charge in [-0.3, -0.25) is 0 Å². The molecule has 1 spiro atoms. The molecule has 12 heteroatoms. The Morgan fingerprint density at radius 2 is 1.93 bits per heavy atom. The number of aliphatic hydroxyl groups excluding tert-OH is 2. The molecular weight excluding hydrogens is 718 g/mol. The van der Waals surface area contributed by atoms with Crippen molar-refractivity contribution in [3.63, 3.8) is 0 Å². The normalized spacial score (nSPS) is 42.9. The van der Waals surface area contributed by atoms with Gasteiger partial charge in [0.05, 0.1) is 25.8 Å². The molecule has 1 saturated heterocycles. The largest absolute Gasteiger partial charge is 0.457 e. The zero-order valence-electron chi connectivity index (χ0n) is 22.8. The van der Waals surface area contributed by atoms with E-state index in [1.807, 2.05) is 39.0 Å². The molecule has 5 rings (SSSR count). The van der Waals surface area contributed by atoms with Gasteiger partial charge in [0.2, 0.25) is 0 Å². The van der Waals surface area contributed by atoms with Crippen molar-refractivity contribution in [1.29, 1.82) is 0 Å². The molecule has 0 amide bonds. The molecular formula is C28H34Br3NO8. The highest BCUT2D eigenvalue weighted by atomic mass is 79.9. The fraction of sp³-hybridized carbons (Fsp3) is 0.643. The summed E-state index contributed by atoms with van der Waals surface area (Å²) in [5, 5.41) is 22.3. The highest BCUT2D eigenvalue weighted by Crippen LogP contribution is 2.61. The summed E-state index contributed by atoms with van der Waals surface area (Å²) in [5.74, 6) is -2.74. The number of nitrogens with one attached hydrogen (secondary N) is 1. The van der Waals surface area contributed by atoms with Crippen molar-refractivity contribution in [3.8, 4) is 0 Å². The third-order valence-corrected chi connectivity index (χ3v) is 12.4. The molecule has 3 heterocycles. The number of carbonyl (C=O) groups excluding carboxylic acids is 2. The predicted octanol–water partition coefficient (Wildman–Crippen LogP) is 4.69. The lowest BCUT2D eigenvalue weighted by Gasteiger charge is -2.48. The summed E-state index contributed by atoms with van der Waals surface area (Å²) < 4.78 is 26.1. The van der Waals surface area contributed by atoms with Crippen molar-refractivity contribution in [2.24, 2.45) is 29.6 Å². The topological polar surface area (TPSA) is 127 Å². The Hall–Kier alpha value is -1.02. The lowest BCUT2D eigenvalue weighted by Crippen LogP contribution is -2.57. The van der Waals surface area contributed by atoms with E-state index < -0.39 is 60.1 Å². The number of methoxy groups -OCH3 is 1. The lowest BCUT2D eigenvalue weighted by atomic mass is 9.57. The van der Waals surface area contributed by atoms with Crippen LogP contribution in [0.25, 0.3) is 0 Å². The van der Waals surface area contributed by atoms with E-state index in [0.717, 1.165) is 5.57 Å². The van der Waals surface area contributed by atoms with Gasteiger partial charge in [0, 0.05) is 36.7 Å². The van der Waals surface area contributed by atoms with Crippen molar-refractivity contribution in [3.05, 3.63) is 43.0 Å². The first-order valence-corrected chi connectivity index (χ1v) is 15.8. The van der Waals surface area contributed by atoms with Crippen LogP contribution >= 0.6 is 47.8 Å². The van der Waals surface area contributed by atoms with Crippen LogP contribution in [0.2, 0.25) is 0 Å². The van der Waals surface area contributed by atoms with Crippen molar-refractivity contribution in [1.82, 2.24) is 4.98 Å². The molecule has 2 aliphatic carbocycles. The number of halogens is 3. The summed E-state index contributed by atoms with van der Waals surface area (Å²) in [6, 6.07) is 0. The van der Waals surface area contributed by atoms with Gasteiger partial charge >= 0.3 is 11.9 Å². The molecule has 0 aromatic carbocycles. The highest BCUT2D eigenvalue weighted by Gasteiger charge is 2.69. The van der Waals surface area contributed by atoms with E-state index >= 15 is 0 Å². The summed E-state index contributed by atoms with van der Waals surface area (Å²) >= 11 is 10.2. The molecule has 9 nitrogen and oxygen atoms in total. The third kappa shape index (κ3) is 4.69. The monoisotopic (exact) mass is 749 g/mol. The number of aromatic amines is 1. The maximum Gasteiger partial charge on any atom is 0.356 e. The number of rotatable bonds is 4. The Balaban J connectivity index is 1.56. The average Bonchev–Trinajstić information content (AvgIpc) is 3.28. The Kier molecular flexibility index (Phi) is 8.55. The van der Waals surface area contributed by atoms with E-state index in [1.165, 1.54) is 7.11 Å². The number of esters is 2. The lowest BCUT2D eigenvalue weighted by molar-refractivity contribution is -0.172. The predicted molar refractivity (Wildman–Crippen MR) is 155 cm³/mol. The molecule has 0 unspecified atom stereocenters. The summed E-state index contributed by atoms with van der Waals surface area (Å²) in [5.41, 5.74) is 0.150. The fourth-order valence-electron chi connectivity index (χ4n) is 7.25. The van der Waals surface area contributed by atoms with Crippen molar-refractivity contribution in [2.75, 3.05) is 7.11 Å². The van der Waals surface area contributed by atoms with Gasteiger partial charge in [-0.05, 0) is 73.6 Å². The molecule has 4 aliphatic rings. The Morgan fingerprint density at radius 1 is 1.23 bits per heavy atom. The molecule has 0 radical (unpaired) electrons. The number of hydrogen-bond donors (Lipinski definition) is 3. The van der Waals surface area contributed by atoms with Gasteiger partial charge in [-0.2, -0.15) is 0 Å². The van der Waals surface area contributed by atoms with Crippen LogP contribution in [-0.2, 0) is 23.7 Å². The van der Waals surface area contributed by atoms with E-state index in [-0.39, 0.29) is 35.8 Å². The standard InChI is InChI=1S/C28H34Br3NO8/c1-10-8-11(2)28-14(9-16(37-5)26(35)38-22(10)13(4)33)6-7-15-17(28)21(34)12(3)23(24(15)40-28)39-27(36)20-18(29)19(30)25(31)32-20/h6-8,10,12-17,21-24,32-34H,9H2,1-5H3/b11-8-/t10-,12-,13-,14-,15-,16+,17+,21-,22+,23-,24+,28+/m1/s1. The molecule has 12 atom stereocenters. The SMILES string of the molecule is CO[C@H]1C[C@H]2C=C[C@H]3[C@@H]4O[C@]2(/C(C)=C\[C@@H](C)[C@@H]([C@@H](C)O)OC1=O)[C@@H]3[C@H](O)[C@@H](C)[C@H]4OC(=O)c1[nH]c(Br)c(Br)c1Br. The highest BCUT2D eigenvalue weighted by molar-refractivity contribution is 9.14. The molecule has 3 N–H and O–H groups in total. The van der Waals surface area contributed by atoms with Crippen LogP contribution in [0.15, 0.2) is 37.3 Å². The minimum atomic E-state index is -0.968. The van der Waals surface area contributed by atoms with Crippen LogP contribution in [0.4, 0.5) is 0 Å². The third-order valence-electron chi connectivity index (χ3n) is 9.16. The quantitative estimate of drug-likeness (QED) is 0.299. The first kappa shape index (κ1) is 30.4. The fourth-order valence-corrected chi connectivity index (χ4v) is 8.67. The van der Waals surface area contributed by atoms with Gasteiger partial charge in [0.25, 0.3) is 0 Å². The summed E-state index contributed by atoms with van der Waals surface area (Å²) in [7, 11) is 1.46. The summed E-state index contributed by atoms with van der Waals surface area (Å²) in [6.45, 7) is 7.31. The first-order chi connectivity index (χ1) is 18.8. The average molecular weight is 752 g/mol. The van der Waals surface area contributed by atoms with E-state index in [1.54, 1.807) is 6.92 Å². The van der Waals surface area contributed by atoms with Gasteiger partial charge in [-0.1, -0.05) is 32.1 Å². The summed E-state index contributed by atoms with van der Waals surface area (Å²) in [6.07, 6.45) is 1.62. The molecule has 2 fully saturated rings. The van der Waals surface area contributed by atoms with Crippen molar-refractivity contribution < 1.29 is 38.7 Å². The van der Waals surface area contributed by atoms with Crippen LogP contribution in [0.1, 0.15) is 44.6 Å². The first-order valence-electron chi connectivity index (χ1n) is 13.4. The maximum absolute atomic E-state index is 13.3. The molecule has 220 valence electrons. The van der Waals surface area contributed by atoms with Crippen molar-refractivity contribution in [2.45, 2.75) is 76.3 Å². The number of hydrogen-bond acceptors (Lipinski definition) is 8. The van der Waals surface area contributed by atoms with E-state index in [2.05, 4.69) is 52.8 Å². The number of aliphatic hydroxyl groups is 2. The zero-order valence-corrected chi connectivity index (χ0v) is 27.5. The minimum absolute atomic E-state index is 0.215. The number of aromatic nitrogens is 1. The maximum atomic E-state index is 13.3. The van der Waals surface area contributed by atoms with Gasteiger partial charge in [0.15, 0.2) is 6.10 Å². The van der Waals surface area contributed by atoms with Crippen LogP contribution in [0.5, 0.6) is 0 Å². The smallest absolute Gasteiger partial charge is 0.356 e. The molecule has 1 aromatic heterocycles. The van der Waals surface area contributed by atoms with Crippen LogP contribution in [-0.4, -0.2) is 76.5 Å². The van der Waals surface area contributed by atoms with Gasteiger partial charge in [0.1, 0.15) is 29.6 Å². The van der Waals surface area contributed by atoms with Gasteiger partial charge in [-0.15, -0.1) is 0 Å². The number of carbonyl (C=O) groups is 2. The number of cyclic esters (lactones) is 1. The second-order valence-electron chi connectivity index (χ2n) is 11.4. The van der Waals surface area contributed by atoms with Crippen molar-refractivity contribution >= 4 is 59.7 Å². The minimum Gasteiger partial charge on any atom is -0.457 e. The molecule has 40 heavy (non-hydrogen) atoms. The van der Waals surface area contributed by atoms with E-state index in [4.69, 9.17) is 18.9 Å². The molecule has 2 aliphatic heterocycles. The van der Waals surface area contributed by atoms with Crippen LogP contribution in [0, 0.1) is 29.6 Å². The van der Waals surface area contributed by atoms with Crippen LogP contribution < -0.4 is 0 Å². The molecule has 1 aromatic rings.